The van der Waals surface area contributed by atoms with Gasteiger partial charge in [0.15, 0.2) is 5.69 Å². The molecule has 0 aliphatic carbocycles. The van der Waals surface area contributed by atoms with Crippen LogP contribution >= 0.6 is 35.1 Å². The predicted octanol–water partition coefficient (Wildman–Crippen LogP) is 7.73. The lowest BCUT2D eigenvalue weighted by molar-refractivity contribution is -0.137. The number of rotatable bonds is 10. The molecule has 224 valence electrons. The zero-order valence-corrected chi connectivity index (χ0v) is 26.0. The van der Waals surface area contributed by atoms with Gasteiger partial charge in [-0.15, -0.1) is 23.5 Å². The number of nitrogens with zero attached hydrogens (tertiary/aromatic N) is 4. The number of halogens is 4. The molecule has 0 saturated carbocycles. The number of nitrogens with one attached hydrogen (secondary N) is 1. The van der Waals surface area contributed by atoms with Crippen LogP contribution in [-0.2, 0) is 12.7 Å². The second-order valence-corrected chi connectivity index (χ2v) is 12.6. The van der Waals surface area contributed by atoms with Crippen LogP contribution in [0.25, 0.3) is 28.3 Å². The van der Waals surface area contributed by atoms with Crippen molar-refractivity contribution in [1.82, 2.24) is 24.9 Å². The van der Waals surface area contributed by atoms with Crippen LogP contribution in [0.2, 0.25) is 5.02 Å². The van der Waals surface area contributed by atoms with Gasteiger partial charge in [-0.05, 0) is 66.4 Å². The van der Waals surface area contributed by atoms with Gasteiger partial charge < -0.3 is 5.32 Å². The molecule has 6 nitrogen and oxygen atoms in total. The average Bonchev–Trinajstić information content (AvgIpc) is 3.28. The van der Waals surface area contributed by atoms with Gasteiger partial charge in [0.2, 0.25) is 0 Å². The van der Waals surface area contributed by atoms with E-state index in [2.05, 4.69) is 24.3 Å². The largest absolute Gasteiger partial charge is 0.416 e. The minimum atomic E-state index is -4.44. The van der Waals surface area contributed by atoms with Gasteiger partial charge in [-0.2, -0.15) is 23.4 Å². The summed E-state index contributed by atoms with van der Waals surface area (Å²) in [6.07, 6.45) is -2.45. The number of fused-ring (bicyclic) bond motifs is 1. The predicted molar refractivity (Wildman–Crippen MR) is 169 cm³/mol. The Kier molecular flexibility index (Phi) is 9.55. The van der Waals surface area contributed by atoms with E-state index in [9.17, 15) is 18.0 Å². The third-order valence-electron chi connectivity index (χ3n) is 6.68. The van der Waals surface area contributed by atoms with Gasteiger partial charge in [0.25, 0.3) is 5.56 Å². The molecule has 5 rings (SSSR count). The molecule has 3 aromatic carbocycles. The Hall–Kier alpha value is -3.25. The third kappa shape index (κ3) is 7.29. The summed E-state index contributed by atoms with van der Waals surface area (Å²) < 4.78 is 41.9. The van der Waals surface area contributed by atoms with E-state index in [1.165, 1.54) is 16.8 Å². The highest BCUT2D eigenvalue weighted by molar-refractivity contribution is 7.99. The molecular weight excluding hydrogens is 615 g/mol. The van der Waals surface area contributed by atoms with E-state index < -0.39 is 17.3 Å². The maximum absolute atomic E-state index is 13.4. The number of benzene rings is 3. The van der Waals surface area contributed by atoms with Gasteiger partial charge in [-0.25, -0.2) is 9.36 Å². The molecule has 2 heterocycles. The first-order valence-electron chi connectivity index (χ1n) is 13.5. The molecule has 12 heteroatoms. The molecule has 0 spiro atoms. The zero-order chi connectivity index (χ0) is 30.7. The zero-order valence-electron chi connectivity index (χ0n) is 23.7. The van der Waals surface area contributed by atoms with Crippen molar-refractivity contribution in [2.24, 2.45) is 0 Å². The maximum atomic E-state index is 13.4. The summed E-state index contributed by atoms with van der Waals surface area (Å²) in [6.45, 7) is 5.10. The van der Waals surface area contributed by atoms with Crippen molar-refractivity contribution in [1.29, 1.82) is 0 Å². The van der Waals surface area contributed by atoms with Crippen LogP contribution in [-0.4, -0.2) is 44.2 Å². The Morgan fingerprint density at radius 3 is 2.28 bits per heavy atom. The van der Waals surface area contributed by atoms with E-state index in [-0.39, 0.29) is 12.2 Å². The maximum Gasteiger partial charge on any atom is 0.416 e. The van der Waals surface area contributed by atoms with Crippen LogP contribution in [0.5, 0.6) is 0 Å². The van der Waals surface area contributed by atoms with E-state index >= 15 is 0 Å². The fourth-order valence-electron chi connectivity index (χ4n) is 4.49. The molecule has 0 aromatic heterocycles. The first-order valence-corrected chi connectivity index (χ1v) is 16.1. The molecule has 2 aliphatic rings. The van der Waals surface area contributed by atoms with Gasteiger partial charge >= 0.3 is 6.18 Å². The van der Waals surface area contributed by atoms with Crippen molar-refractivity contribution >= 4 is 35.1 Å². The van der Waals surface area contributed by atoms with E-state index in [0.717, 1.165) is 45.5 Å². The highest BCUT2D eigenvalue weighted by atomic mass is 35.5. The second kappa shape index (κ2) is 13.2. The molecule has 0 unspecified atom stereocenters. The van der Waals surface area contributed by atoms with Gasteiger partial charge in [0, 0.05) is 33.7 Å². The van der Waals surface area contributed by atoms with E-state index in [0.29, 0.717) is 28.0 Å². The molecule has 0 fully saturated rings. The number of aromatic nitrogens is 4. The molecule has 2 aliphatic heterocycles. The van der Waals surface area contributed by atoms with Crippen LogP contribution in [0.15, 0.2) is 87.4 Å². The Bertz CT molecular complexity index is 1730. The molecule has 0 amide bonds. The molecule has 1 N–H and O–H groups in total. The van der Waals surface area contributed by atoms with E-state index in [4.69, 9.17) is 16.7 Å². The lowest BCUT2D eigenvalue weighted by Crippen LogP contribution is -2.24. The Morgan fingerprint density at radius 1 is 0.953 bits per heavy atom. The number of hydrogen-bond donors (Lipinski definition) is 1. The smallest absolute Gasteiger partial charge is 0.314 e. The molecule has 0 bridgehead atoms. The van der Waals surface area contributed by atoms with E-state index in [1.807, 2.05) is 48.7 Å². The van der Waals surface area contributed by atoms with Crippen molar-refractivity contribution < 1.29 is 13.2 Å². The van der Waals surface area contributed by atoms with Crippen molar-refractivity contribution in [2.45, 2.75) is 42.4 Å². The van der Waals surface area contributed by atoms with Gasteiger partial charge in [0.1, 0.15) is 5.69 Å². The van der Waals surface area contributed by atoms with Crippen molar-refractivity contribution in [3.05, 3.63) is 99.3 Å². The molecule has 0 radical (unpaired) electrons. The van der Waals surface area contributed by atoms with Crippen molar-refractivity contribution in [3.63, 3.8) is 0 Å². The molecule has 43 heavy (non-hydrogen) atoms. The van der Waals surface area contributed by atoms with Crippen molar-refractivity contribution in [2.75, 3.05) is 18.6 Å². The van der Waals surface area contributed by atoms with Crippen LogP contribution < -0.4 is 10.9 Å². The number of hydrogen-bond acceptors (Lipinski definition) is 6. The van der Waals surface area contributed by atoms with E-state index in [1.54, 1.807) is 34.3 Å². The summed E-state index contributed by atoms with van der Waals surface area (Å²) in [5, 5.41) is 13.1. The highest BCUT2D eigenvalue weighted by Crippen LogP contribution is 2.35. The summed E-state index contributed by atoms with van der Waals surface area (Å²) in [5.41, 5.74) is 1.92. The van der Waals surface area contributed by atoms with Crippen LogP contribution in [0.3, 0.4) is 0 Å². The Balaban J connectivity index is 1.54. The first-order chi connectivity index (χ1) is 20.5. The standard InChI is InChI=1S/C31H29ClF3N5OS2/c1-19(2)36-14-15-43-24-12-13-25(26(32)16-24)28-17-27-29(38-40(28)22-8-10-23(42-3)11-9-22)30(41)39(37-27)18-20-4-6-21(7-5-20)31(33,34)35/h4-13,16-17,19,36H,14-15,18H2,1-3H3. The Labute approximate surface area is 261 Å². The summed E-state index contributed by atoms with van der Waals surface area (Å²) in [6, 6.07) is 20.5. The quantitative estimate of drug-likeness (QED) is 0.124. The SMILES string of the molecule is CSc1ccc(-n2nc3c(=O)n(Cc4ccc(C(F)(F)F)cc4)nc-3cc2-c2ccc(SCCNC(C)C)cc2Cl)cc1. The Morgan fingerprint density at radius 2 is 1.65 bits per heavy atom. The van der Waals surface area contributed by atoms with Gasteiger partial charge in [-0.1, -0.05) is 43.6 Å². The highest BCUT2D eigenvalue weighted by Gasteiger charge is 2.30. The fraction of sp³-hybridized carbons (Fsp3) is 0.258. The average molecular weight is 644 g/mol. The minimum absolute atomic E-state index is 0.00340. The summed E-state index contributed by atoms with van der Waals surface area (Å²) in [4.78, 5) is 15.5. The van der Waals surface area contributed by atoms with Crippen LogP contribution in [0, 0.1) is 0 Å². The van der Waals surface area contributed by atoms with Gasteiger partial charge in [0.05, 0.1) is 28.5 Å². The lowest BCUT2D eigenvalue weighted by Gasteiger charge is -2.16. The molecular formula is C31H29ClF3N5OS2. The third-order valence-corrected chi connectivity index (χ3v) is 8.73. The summed E-state index contributed by atoms with van der Waals surface area (Å²) >= 11 is 10.2. The number of thioether (sulfide) groups is 2. The normalized spacial score (nSPS) is 12.0. The summed E-state index contributed by atoms with van der Waals surface area (Å²) in [7, 11) is 0. The molecule has 3 aromatic rings. The van der Waals surface area contributed by atoms with Crippen LogP contribution in [0.4, 0.5) is 13.2 Å². The lowest BCUT2D eigenvalue weighted by atomic mass is 10.1. The topological polar surface area (TPSA) is 64.7 Å². The van der Waals surface area contributed by atoms with Crippen molar-refractivity contribution in [3.8, 4) is 28.3 Å². The number of alkyl halides is 3. The second-order valence-electron chi connectivity index (χ2n) is 10.1. The first kappa shape index (κ1) is 31.2. The molecule has 0 atom stereocenters. The van der Waals surface area contributed by atoms with Gasteiger partial charge in [-0.3, -0.25) is 4.79 Å². The van der Waals surface area contributed by atoms with Crippen LogP contribution in [0.1, 0.15) is 25.0 Å². The molecule has 0 saturated heterocycles. The minimum Gasteiger partial charge on any atom is -0.314 e. The summed E-state index contributed by atoms with van der Waals surface area (Å²) in [5.74, 6) is 0.895. The fourth-order valence-corrected chi connectivity index (χ4v) is 6.06. The monoisotopic (exact) mass is 643 g/mol.